The molecular weight excluding hydrogens is 283 g/mol. The van der Waals surface area contributed by atoms with Gasteiger partial charge in [-0.05, 0) is 6.07 Å². The largest absolute Gasteiger partial charge is 0.417 e. The first kappa shape index (κ1) is 13.9. The Kier molecular flexibility index (Phi) is 3.85. The summed E-state index contributed by atoms with van der Waals surface area (Å²) in [6, 6.07) is 0.123. The number of aromatic amines is 1. The van der Waals surface area contributed by atoms with E-state index in [0.717, 1.165) is 0 Å². The highest BCUT2D eigenvalue weighted by molar-refractivity contribution is 7.99. The zero-order chi connectivity index (χ0) is 14.0. The quantitative estimate of drug-likeness (QED) is 0.760. The van der Waals surface area contributed by atoms with Crippen molar-refractivity contribution < 1.29 is 18.0 Å². The highest BCUT2D eigenvalue weighted by atomic mass is 32.2. The summed E-state index contributed by atoms with van der Waals surface area (Å²) in [5.41, 5.74) is -2.19. The zero-order valence-electron chi connectivity index (χ0n) is 9.50. The van der Waals surface area contributed by atoms with E-state index in [-0.39, 0.29) is 0 Å². The molecule has 0 spiro atoms. The summed E-state index contributed by atoms with van der Waals surface area (Å²) in [5.74, 6) is 0.592. The summed E-state index contributed by atoms with van der Waals surface area (Å²) in [5, 5.41) is 5.06. The van der Waals surface area contributed by atoms with Crippen molar-refractivity contribution in [1.82, 2.24) is 10.3 Å². The van der Waals surface area contributed by atoms with Crippen LogP contribution in [-0.4, -0.2) is 28.6 Å². The van der Waals surface area contributed by atoms with Gasteiger partial charge < -0.3 is 10.3 Å². The molecule has 19 heavy (non-hydrogen) atoms. The number of nitrogens with one attached hydrogen (secondary N) is 3. The van der Waals surface area contributed by atoms with Crippen LogP contribution in [0.25, 0.3) is 0 Å². The van der Waals surface area contributed by atoms with Crippen molar-refractivity contribution >= 4 is 23.4 Å². The van der Waals surface area contributed by atoms with Gasteiger partial charge in [-0.3, -0.25) is 14.9 Å². The molecule has 0 aromatic carbocycles. The summed E-state index contributed by atoms with van der Waals surface area (Å²) in [7, 11) is 0. The topological polar surface area (TPSA) is 74.0 Å². The number of halogens is 3. The number of H-pyrrole nitrogens is 1. The van der Waals surface area contributed by atoms with Crippen molar-refractivity contribution in [1.29, 1.82) is 0 Å². The lowest BCUT2D eigenvalue weighted by atomic mass is 10.2. The lowest BCUT2D eigenvalue weighted by Crippen LogP contribution is -2.38. The van der Waals surface area contributed by atoms with Gasteiger partial charge in [0.1, 0.15) is 5.69 Å². The maximum absolute atomic E-state index is 12.5. The number of anilines is 1. The summed E-state index contributed by atoms with van der Waals surface area (Å²) in [6.07, 6.45) is -4.01. The zero-order valence-corrected chi connectivity index (χ0v) is 10.3. The molecule has 0 radical (unpaired) electrons. The minimum atomic E-state index is -4.58. The fourth-order valence-corrected chi connectivity index (χ4v) is 2.47. The van der Waals surface area contributed by atoms with Crippen molar-refractivity contribution in [2.75, 3.05) is 16.9 Å². The number of carbonyl (C=O) groups is 1. The third kappa shape index (κ3) is 3.29. The van der Waals surface area contributed by atoms with Gasteiger partial charge in [0.15, 0.2) is 0 Å². The number of alkyl halides is 3. The van der Waals surface area contributed by atoms with Crippen LogP contribution in [0.1, 0.15) is 5.56 Å². The molecule has 1 aromatic rings. The van der Waals surface area contributed by atoms with Gasteiger partial charge in [-0.15, -0.1) is 11.8 Å². The van der Waals surface area contributed by atoms with Crippen molar-refractivity contribution in [3.63, 3.8) is 0 Å². The van der Waals surface area contributed by atoms with E-state index in [1.165, 1.54) is 11.8 Å². The third-order valence-corrected chi connectivity index (χ3v) is 3.46. The Bertz CT molecular complexity index is 538. The van der Waals surface area contributed by atoms with Crippen LogP contribution in [0.5, 0.6) is 0 Å². The average Bonchev–Trinajstić information content (AvgIpc) is 2.84. The Balaban J connectivity index is 2.19. The lowest BCUT2D eigenvalue weighted by molar-refractivity contribution is -0.137. The molecule has 1 aromatic heterocycles. The van der Waals surface area contributed by atoms with Gasteiger partial charge in [0.2, 0.25) is 5.91 Å². The summed E-state index contributed by atoms with van der Waals surface area (Å²) in [4.78, 5) is 25.0. The number of pyridine rings is 1. The predicted molar refractivity (Wildman–Crippen MR) is 64.9 cm³/mol. The van der Waals surface area contributed by atoms with Crippen LogP contribution in [0.4, 0.5) is 18.9 Å². The van der Waals surface area contributed by atoms with Gasteiger partial charge in [-0.25, -0.2) is 0 Å². The van der Waals surface area contributed by atoms with Gasteiger partial charge in [0.05, 0.1) is 11.6 Å². The summed E-state index contributed by atoms with van der Waals surface area (Å²) >= 11 is 1.49. The van der Waals surface area contributed by atoms with Crippen molar-refractivity contribution in [3.8, 4) is 0 Å². The Labute approximate surface area is 110 Å². The molecule has 104 valence electrons. The standard InChI is InChI=1S/C10H10F3N3O2S/c11-10(12,13)5-1-6(8(17)14-2-5)16-9(18)7-3-19-4-15-7/h1-2,7,15H,3-4H2,(H,14,17)(H,16,18). The lowest BCUT2D eigenvalue weighted by Gasteiger charge is -2.11. The van der Waals surface area contributed by atoms with Gasteiger partial charge in [-0.1, -0.05) is 0 Å². The van der Waals surface area contributed by atoms with E-state index in [1.54, 1.807) is 0 Å². The predicted octanol–water partition coefficient (Wildman–Crippen LogP) is 0.995. The molecule has 1 fully saturated rings. The number of thioether (sulfide) groups is 1. The second-order valence-corrected chi connectivity index (χ2v) is 4.92. The van der Waals surface area contributed by atoms with Gasteiger partial charge in [0, 0.05) is 17.8 Å². The molecule has 3 N–H and O–H groups in total. The van der Waals surface area contributed by atoms with E-state index < -0.39 is 34.9 Å². The molecule has 1 amide bonds. The number of rotatable bonds is 2. The summed E-state index contributed by atoms with van der Waals surface area (Å²) < 4.78 is 37.5. The second-order valence-electron chi connectivity index (χ2n) is 3.89. The highest BCUT2D eigenvalue weighted by Crippen LogP contribution is 2.29. The molecule has 2 rings (SSSR count). The van der Waals surface area contributed by atoms with Gasteiger partial charge in [0.25, 0.3) is 5.56 Å². The SMILES string of the molecule is O=C(Nc1cc(C(F)(F)F)c[nH]c1=O)C1CSCN1. The molecule has 2 heterocycles. The normalized spacial score (nSPS) is 19.4. The van der Waals surface area contributed by atoms with Crippen molar-refractivity contribution in [2.24, 2.45) is 0 Å². The minimum Gasteiger partial charge on any atom is -0.327 e. The molecular formula is C10H10F3N3O2S. The molecule has 9 heteroatoms. The molecule has 1 saturated heterocycles. The third-order valence-electron chi connectivity index (χ3n) is 2.52. The van der Waals surface area contributed by atoms with Gasteiger partial charge in [-0.2, -0.15) is 13.2 Å². The number of amides is 1. The molecule has 1 unspecified atom stereocenters. The van der Waals surface area contributed by atoms with Crippen LogP contribution in [0.3, 0.4) is 0 Å². The first-order valence-electron chi connectivity index (χ1n) is 5.30. The smallest absolute Gasteiger partial charge is 0.327 e. The Morgan fingerprint density at radius 2 is 2.21 bits per heavy atom. The second kappa shape index (κ2) is 5.25. The molecule has 5 nitrogen and oxygen atoms in total. The van der Waals surface area contributed by atoms with E-state index in [9.17, 15) is 22.8 Å². The average molecular weight is 293 g/mol. The van der Waals surface area contributed by atoms with Crippen LogP contribution in [0.2, 0.25) is 0 Å². The summed E-state index contributed by atoms with van der Waals surface area (Å²) in [6.45, 7) is 0. The van der Waals surface area contributed by atoms with Crippen LogP contribution in [0, 0.1) is 0 Å². The molecule has 0 saturated carbocycles. The van der Waals surface area contributed by atoms with Gasteiger partial charge >= 0.3 is 6.18 Å². The molecule has 0 bridgehead atoms. The number of hydrogen-bond donors (Lipinski definition) is 3. The monoisotopic (exact) mass is 293 g/mol. The van der Waals surface area contributed by atoms with E-state index in [4.69, 9.17) is 0 Å². The maximum Gasteiger partial charge on any atom is 0.417 e. The minimum absolute atomic E-state index is 0.404. The fraction of sp³-hybridized carbons (Fsp3) is 0.400. The number of carbonyl (C=O) groups excluding carboxylic acids is 1. The maximum atomic E-state index is 12.5. The number of hydrogen-bond acceptors (Lipinski definition) is 4. The first-order chi connectivity index (χ1) is 8.88. The van der Waals surface area contributed by atoms with E-state index >= 15 is 0 Å². The highest BCUT2D eigenvalue weighted by Gasteiger charge is 2.32. The molecule has 0 aliphatic carbocycles. The van der Waals surface area contributed by atoms with Crippen LogP contribution < -0.4 is 16.2 Å². The van der Waals surface area contributed by atoms with Crippen LogP contribution >= 0.6 is 11.8 Å². The fourth-order valence-electron chi connectivity index (χ4n) is 1.52. The molecule has 1 aliphatic rings. The molecule has 1 aliphatic heterocycles. The Morgan fingerprint density at radius 3 is 2.79 bits per heavy atom. The van der Waals surface area contributed by atoms with Crippen LogP contribution in [0.15, 0.2) is 17.1 Å². The van der Waals surface area contributed by atoms with Crippen molar-refractivity contribution in [3.05, 3.63) is 28.2 Å². The van der Waals surface area contributed by atoms with Crippen molar-refractivity contribution in [2.45, 2.75) is 12.2 Å². The van der Waals surface area contributed by atoms with E-state index in [1.807, 2.05) is 4.98 Å². The first-order valence-corrected chi connectivity index (χ1v) is 6.45. The number of aromatic nitrogens is 1. The molecule has 1 atom stereocenters. The van der Waals surface area contributed by atoms with Crippen LogP contribution in [-0.2, 0) is 11.0 Å². The van der Waals surface area contributed by atoms with E-state index in [0.29, 0.717) is 23.9 Å². The Morgan fingerprint density at radius 1 is 1.47 bits per heavy atom. The van der Waals surface area contributed by atoms with E-state index in [2.05, 4.69) is 10.6 Å². The Hall–Kier alpha value is -1.48.